The van der Waals surface area contributed by atoms with Crippen LogP contribution in [0.25, 0.3) is 10.9 Å². The fourth-order valence-corrected chi connectivity index (χ4v) is 2.98. The second-order valence-electron chi connectivity index (χ2n) is 7.86. The number of nitrogens with zero attached hydrogens (tertiary/aromatic N) is 2. The zero-order valence-electron chi connectivity index (χ0n) is 18.8. The Hall–Kier alpha value is -3.50. The number of benzene rings is 2. The summed E-state index contributed by atoms with van der Waals surface area (Å²) in [7, 11) is 1.64. The quantitative estimate of drug-likeness (QED) is 0.366. The lowest BCUT2D eigenvalue weighted by Gasteiger charge is -2.22. The Balaban J connectivity index is 1.67. The van der Waals surface area contributed by atoms with Crippen molar-refractivity contribution >= 4 is 34.1 Å². The van der Waals surface area contributed by atoms with Crippen LogP contribution in [0.4, 0.5) is 26.4 Å². The highest BCUT2D eigenvalue weighted by Gasteiger charge is 2.16. The minimum atomic E-state index is -0.615. The van der Waals surface area contributed by atoms with Crippen LogP contribution in [0.1, 0.15) is 20.3 Å². The van der Waals surface area contributed by atoms with Crippen LogP contribution in [0.15, 0.2) is 42.7 Å². The number of nitrogens with one attached hydrogen (secondary N) is 3. The highest BCUT2D eigenvalue weighted by atomic mass is 19.1. The molecule has 2 amide bonds. The standard InChI is InChI=1S/C23H28FN5O4/c1-23(2,32-3)10-11-25-22(31)29-16-6-4-15(5-7-16)28-21-19-17(26-14-27-21)8-9-18(20(19)24)33-13-12-30/h4-9,14,30H,10-13H2,1-3H3,(H2,25,29,31)(H,26,27,28). The molecule has 3 rings (SSSR count). The lowest BCUT2D eigenvalue weighted by Crippen LogP contribution is -2.34. The molecule has 9 nitrogen and oxygen atoms in total. The van der Waals surface area contributed by atoms with E-state index >= 15 is 0 Å². The molecule has 0 radical (unpaired) electrons. The van der Waals surface area contributed by atoms with Crippen molar-refractivity contribution in [3.05, 3.63) is 48.5 Å². The second kappa shape index (κ2) is 10.9. The molecule has 0 aliphatic heterocycles. The van der Waals surface area contributed by atoms with Gasteiger partial charge in [0.05, 0.1) is 23.1 Å². The molecule has 3 aromatic rings. The minimum Gasteiger partial charge on any atom is -0.488 e. The Morgan fingerprint density at radius 3 is 2.55 bits per heavy atom. The summed E-state index contributed by atoms with van der Waals surface area (Å²) in [5, 5.41) is 17.7. The number of hydrogen-bond donors (Lipinski definition) is 4. The molecule has 0 saturated heterocycles. The Kier molecular flexibility index (Phi) is 7.96. The number of amides is 2. The number of hydrogen-bond acceptors (Lipinski definition) is 7. The number of carbonyl (C=O) groups is 1. The van der Waals surface area contributed by atoms with Crippen LogP contribution in [0.3, 0.4) is 0 Å². The van der Waals surface area contributed by atoms with E-state index < -0.39 is 5.82 Å². The van der Waals surface area contributed by atoms with E-state index in [2.05, 4.69) is 25.9 Å². The first kappa shape index (κ1) is 24.1. The Bertz CT molecular complexity index is 1090. The maximum Gasteiger partial charge on any atom is 0.319 e. The topological polar surface area (TPSA) is 118 Å². The number of rotatable bonds is 10. The molecule has 0 saturated carbocycles. The van der Waals surface area contributed by atoms with Crippen molar-refractivity contribution in [1.82, 2.24) is 15.3 Å². The van der Waals surface area contributed by atoms with E-state index in [1.165, 1.54) is 12.4 Å². The van der Waals surface area contributed by atoms with E-state index in [9.17, 15) is 9.18 Å². The Morgan fingerprint density at radius 2 is 1.85 bits per heavy atom. The van der Waals surface area contributed by atoms with Crippen molar-refractivity contribution in [3.63, 3.8) is 0 Å². The first-order valence-corrected chi connectivity index (χ1v) is 10.5. The first-order valence-electron chi connectivity index (χ1n) is 10.5. The van der Waals surface area contributed by atoms with Gasteiger partial charge < -0.3 is 30.5 Å². The number of methoxy groups -OCH3 is 1. The van der Waals surface area contributed by atoms with Crippen LogP contribution in [0.5, 0.6) is 5.75 Å². The Morgan fingerprint density at radius 1 is 1.12 bits per heavy atom. The van der Waals surface area contributed by atoms with Gasteiger partial charge in [-0.25, -0.2) is 19.2 Å². The predicted octanol–water partition coefficient (Wildman–Crippen LogP) is 3.82. The molecule has 10 heteroatoms. The maximum absolute atomic E-state index is 15.0. The van der Waals surface area contributed by atoms with Crippen LogP contribution in [-0.2, 0) is 4.74 Å². The number of anilines is 3. The molecular formula is C23H28FN5O4. The molecule has 0 fully saturated rings. The third-order valence-corrected chi connectivity index (χ3v) is 5.02. The number of aromatic nitrogens is 2. The molecule has 0 atom stereocenters. The largest absolute Gasteiger partial charge is 0.488 e. The van der Waals surface area contributed by atoms with Crippen LogP contribution in [0, 0.1) is 5.82 Å². The van der Waals surface area contributed by atoms with E-state index in [-0.39, 0.29) is 41.8 Å². The summed E-state index contributed by atoms with van der Waals surface area (Å²) in [5.41, 5.74) is 1.34. The highest BCUT2D eigenvalue weighted by Crippen LogP contribution is 2.31. The highest BCUT2D eigenvalue weighted by molar-refractivity contribution is 5.93. The lowest BCUT2D eigenvalue weighted by molar-refractivity contribution is 0.0165. The van der Waals surface area contributed by atoms with Gasteiger partial charge in [0.2, 0.25) is 0 Å². The number of ether oxygens (including phenoxy) is 2. The normalized spacial score (nSPS) is 11.3. The number of halogens is 1. The fourth-order valence-electron chi connectivity index (χ4n) is 2.98. The van der Waals surface area contributed by atoms with Gasteiger partial charge in [0.1, 0.15) is 18.8 Å². The number of aliphatic hydroxyl groups is 1. The maximum atomic E-state index is 15.0. The molecule has 0 bridgehead atoms. The zero-order valence-corrected chi connectivity index (χ0v) is 18.8. The van der Waals surface area contributed by atoms with Crippen LogP contribution >= 0.6 is 0 Å². The summed E-state index contributed by atoms with van der Waals surface area (Å²) >= 11 is 0. The van der Waals surface area contributed by atoms with Gasteiger partial charge >= 0.3 is 6.03 Å². The average Bonchev–Trinajstić information content (AvgIpc) is 2.80. The van der Waals surface area contributed by atoms with Crippen molar-refractivity contribution in [1.29, 1.82) is 0 Å². The van der Waals surface area contributed by atoms with Gasteiger partial charge in [-0.05, 0) is 56.7 Å². The summed E-state index contributed by atoms with van der Waals surface area (Å²) < 4.78 is 25.5. The molecule has 1 aromatic heterocycles. The smallest absolute Gasteiger partial charge is 0.319 e. The van der Waals surface area contributed by atoms with E-state index in [0.717, 1.165) is 0 Å². The monoisotopic (exact) mass is 457 g/mol. The molecule has 0 aliphatic rings. The first-order chi connectivity index (χ1) is 15.8. The summed E-state index contributed by atoms with van der Waals surface area (Å²) in [4.78, 5) is 20.3. The number of urea groups is 1. The van der Waals surface area contributed by atoms with Crippen LogP contribution < -0.4 is 20.7 Å². The van der Waals surface area contributed by atoms with E-state index in [4.69, 9.17) is 14.6 Å². The second-order valence-corrected chi connectivity index (χ2v) is 7.86. The van der Waals surface area contributed by atoms with Crippen molar-refractivity contribution in [2.75, 3.05) is 37.5 Å². The number of fused-ring (bicyclic) bond motifs is 1. The van der Waals surface area contributed by atoms with Gasteiger partial charge in [0, 0.05) is 25.0 Å². The number of carbonyl (C=O) groups excluding carboxylic acids is 1. The minimum absolute atomic E-state index is 0.00819. The SMILES string of the molecule is COC(C)(C)CCNC(=O)Nc1ccc(Nc2ncnc3ccc(OCCO)c(F)c23)cc1. The van der Waals surface area contributed by atoms with Crippen molar-refractivity contribution < 1.29 is 23.8 Å². The van der Waals surface area contributed by atoms with Gasteiger partial charge in [-0.3, -0.25) is 0 Å². The van der Waals surface area contributed by atoms with Crippen molar-refractivity contribution in [2.24, 2.45) is 0 Å². The van der Waals surface area contributed by atoms with Gasteiger partial charge in [-0.2, -0.15) is 0 Å². The van der Waals surface area contributed by atoms with Crippen molar-refractivity contribution in [3.8, 4) is 5.75 Å². The zero-order chi connectivity index (χ0) is 23.8. The summed E-state index contributed by atoms with van der Waals surface area (Å²) in [6.45, 7) is 4.13. The molecule has 176 valence electrons. The van der Waals surface area contributed by atoms with Gasteiger partial charge in [0.15, 0.2) is 11.6 Å². The third-order valence-electron chi connectivity index (χ3n) is 5.02. The fraction of sp³-hybridized carbons (Fsp3) is 0.348. The van der Waals surface area contributed by atoms with Gasteiger partial charge in [0.25, 0.3) is 0 Å². The predicted molar refractivity (Wildman–Crippen MR) is 125 cm³/mol. The Labute approximate surface area is 191 Å². The molecular weight excluding hydrogens is 429 g/mol. The lowest BCUT2D eigenvalue weighted by atomic mass is 10.1. The third kappa shape index (κ3) is 6.50. The van der Waals surface area contributed by atoms with E-state index in [0.29, 0.717) is 29.9 Å². The molecule has 33 heavy (non-hydrogen) atoms. The molecule has 0 unspecified atom stereocenters. The summed E-state index contributed by atoms with van der Waals surface area (Å²) in [6.07, 6.45) is 2.01. The summed E-state index contributed by atoms with van der Waals surface area (Å²) in [5.74, 6) is -0.337. The molecule has 1 heterocycles. The molecule has 0 aliphatic carbocycles. The van der Waals surface area contributed by atoms with Gasteiger partial charge in [-0.1, -0.05) is 0 Å². The molecule has 2 aromatic carbocycles. The molecule has 4 N–H and O–H groups in total. The van der Waals surface area contributed by atoms with E-state index in [1.807, 2.05) is 13.8 Å². The summed E-state index contributed by atoms with van der Waals surface area (Å²) in [6, 6.07) is 9.68. The van der Waals surface area contributed by atoms with Crippen LogP contribution in [-0.4, -0.2) is 53.6 Å². The van der Waals surface area contributed by atoms with E-state index in [1.54, 1.807) is 37.4 Å². The number of aliphatic hydroxyl groups excluding tert-OH is 1. The van der Waals surface area contributed by atoms with Gasteiger partial charge in [-0.15, -0.1) is 0 Å². The average molecular weight is 458 g/mol. The van der Waals surface area contributed by atoms with Crippen molar-refractivity contribution in [2.45, 2.75) is 25.9 Å². The molecule has 0 spiro atoms. The van der Waals surface area contributed by atoms with Crippen LogP contribution in [0.2, 0.25) is 0 Å².